The summed E-state index contributed by atoms with van der Waals surface area (Å²) >= 11 is 1.55. The predicted octanol–water partition coefficient (Wildman–Crippen LogP) is 5.49. The summed E-state index contributed by atoms with van der Waals surface area (Å²) in [6.07, 6.45) is 4.54. The molecule has 0 saturated carbocycles. The Bertz CT molecular complexity index is 1120. The molecule has 1 saturated heterocycles. The average Bonchev–Trinajstić information content (AvgIpc) is 2.91. The van der Waals surface area contributed by atoms with E-state index < -0.39 is 29.7 Å². The van der Waals surface area contributed by atoms with Crippen LogP contribution in [0.2, 0.25) is 0 Å². The van der Waals surface area contributed by atoms with Gasteiger partial charge in [0.25, 0.3) is 0 Å². The first-order valence-electron chi connectivity index (χ1n) is 11.9. The molecular weight excluding hydrogens is 472 g/mol. The highest BCUT2D eigenvalue weighted by Gasteiger charge is 2.47. The Hall–Kier alpha value is -3.08. The van der Waals surface area contributed by atoms with Crippen LogP contribution in [0.4, 0.5) is 0 Å². The van der Waals surface area contributed by atoms with Crippen molar-refractivity contribution in [1.82, 2.24) is 0 Å². The van der Waals surface area contributed by atoms with Gasteiger partial charge in [-0.3, -0.25) is 4.79 Å². The van der Waals surface area contributed by atoms with Crippen LogP contribution < -0.4 is 0 Å². The molecule has 3 aromatic carbocycles. The van der Waals surface area contributed by atoms with E-state index in [0.29, 0.717) is 13.2 Å². The van der Waals surface area contributed by atoms with E-state index in [1.54, 1.807) is 11.8 Å². The molecule has 5 atom stereocenters. The molecule has 0 bridgehead atoms. The van der Waals surface area contributed by atoms with Crippen LogP contribution in [-0.2, 0) is 37.0 Å². The van der Waals surface area contributed by atoms with Gasteiger partial charge in [0.2, 0.25) is 0 Å². The van der Waals surface area contributed by atoms with Gasteiger partial charge in [0.15, 0.2) is 0 Å². The summed E-state index contributed by atoms with van der Waals surface area (Å²) in [7, 11) is 0. The average molecular weight is 503 g/mol. The zero-order valence-electron chi connectivity index (χ0n) is 20.2. The number of benzene rings is 3. The lowest BCUT2D eigenvalue weighted by atomic mass is 9.90. The van der Waals surface area contributed by atoms with Gasteiger partial charge in [0.1, 0.15) is 30.4 Å². The van der Waals surface area contributed by atoms with Gasteiger partial charge in [0.05, 0.1) is 19.1 Å². The second kappa shape index (κ2) is 13.3. The maximum absolute atomic E-state index is 11.6. The normalized spacial score (nSPS) is 23.5. The molecule has 1 fully saturated rings. The number of esters is 1. The fourth-order valence-electron chi connectivity index (χ4n) is 4.08. The van der Waals surface area contributed by atoms with Crippen molar-refractivity contribution in [3.8, 4) is 12.3 Å². The number of carbonyl (C=O) groups is 1. The van der Waals surface area contributed by atoms with E-state index in [4.69, 9.17) is 25.4 Å². The Morgan fingerprint density at radius 2 is 1.39 bits per heavy atom. The molecule has 3 aromatic rings. The molecule has 1 heterocycles. The second-order valence-electron chi connectivity index (χ2n) is 8.49. The van der Waals surface area contributed by atoms with Crippen molar-refractivity contribution in [2.45, 2.75) is 48.8 Å². The summed E-state index contributed by atoms with van der Waals surface area (Å²) in [5.41, 5.74) is 1.65. The molecular formula is C30H30O5S. The molecule has 0 N–H and O–H groups in total. The molecule has 0 unspecified atom stereocenters. The minimum atomic E-state index is -0.530. The maximum Gasteiger partial charge on any atom is 0.302 e. The van der Waals surface area contributed by atoms with Gasteiger partial charge in [0, 0.05) is 11.8 Å². The number of hydrogen-bond donors (Lipinski definition) is 0. The smallest absolute Gasteiger partial charge is 0.302 e. The highest BCUT2D eigenvalue weighted by atomic mass is 32.2. The number of thioether (sulfide) groups is 1. The van der Waals surface area contributed by atoms with Crippen molar-refractivity contribution in [3.63, 3.8) is 0 Å². The SMILES string of the molecule is C#C[C@H]1[C@H](OCc2ccccc2)[C@@H](OCc2ccccc2)[C@@H](Sc2ccccc2)O[C@@H]1COC(C)=O. The van der Waals surface area contributed by atoms with Gasteiger partial charge in [-0.2, -0.15) is 0 Å². The van der Waals surface area contributed by atoms with E-state index in [9.17, 15) is 4.79 Å². The third-order valence-electron chi connectivity index (χ3n) is 5.86. The molecule has 1 aliphatic rings. The Kier molecular flexibility index (Phi) is 9.60. The van der Waals surface area contributed by atoms with Crippen LogP contribution in [0, 0.1) is 18.3 Å². The van der Waals surface area contributed by atoms with E-state index in [-0.39, 0.29) is 12.6 Å². The van der Waals surface area contributed by atoms with Gasteiger partial charge in [-0.05, 0) is 23.3 Å². The predicted molar refractivity (Wildman–Crippen MR) is 140 cm³/mol. The maximum atomic E-state index is 11.6. The zero-order chi connectivity index (χ0) is 25.2. The number of ether oxygens (including phenoxy) is 4. The number of hydrogen-bond acceptors (Lipinski definition) is 6. The van der Waals surface area contributed by atoms with E-state index in [1.165, 1.54) is 6.92 Å². The lowest BCUT2D eigenvalue weighted by Gasteiger charge is -2.44. The summed E-state index contributed by atoms with van der Waals surface area (Å²) in [5, 5.41) is 0. The first kappa shape index (κ1) is 26.0. The fraction of sp³-hybridized carbons (Fsp3) is 0.300. The van der Waals surface area contributed by atoms with E-state index >= 15 is 0 Å². The van der Waals surface area contributed by atoms with Gasteiger partial charge < -0.3 is 18.9 Å². The van der Waals surface area contributed by atoms with Crippen molar-refractivity contribution in [2.75, 3.05) is 6.61 Å². The molecule has 0 radical (unpaired) electrons. The standard InChI is InChI=1S/C30H30O5S/c1-3-26-27(21-32-22(2)31)35-30(36-25-17-11-6-12-18-25)29(34-20-24-15-9-5-10-16-24)28(26)33-19-23-13-7-4-8-14-23/h1,4-18,26-30H,19-21H2,2H3/t26-,27-,28+,29-,30-/m1/s1. The summed E-state index contributed by atoms with van der Waals surface area (Å²) in [6.45, 7) is 2.18. The largest absolute Gasteiger partial charge is 0.463 e. The zero-order valence-corrected chi connectivity index (χ0v) is 21.0. The van der Waals surface area contributed by atoms with Gasteiger partial charge in [-0.15, -0.1) is 6.42 Å². The highest BCUT2D eigenvalue weighted by molar-refractivity contribution is 7.99. The molecule has 0 aromatic heterocycles. The van der Waals surface area contributed by atoms with Gasteiger partial charge in [-0.25, -0.2) is 0 Å². The van der Waals surface area contributed by atoms with Crippen LogP contribution in [0.15, 0.2) is 95.9 Å². The van der Waals surface area contributed by atoms with Crippen LogP contribution in [0.3, 0.4) is 0 Å². The van der Waals surface area contributed by atoms with Gasteiger partial charge in [-0.1, -0.05) is 96.5 Å². The summed E-state index contributed by atoms with van der Waals surface area (Å²) in [5.74, 6) is 1.99. The van der Waals surface area contributed by atoms with Crippen molar-refractivity contribution in [1.29, 1.82) is 0 Å². The lowest BCUT2D eigenvalue weighted by Crippen LogP contribution is -2.56. The van der Waals surface area contributed by atoms with Crippen molar-refractivity contribution in [3.05, 3.63) is 102 Å². The summed E-state index contributed by atoms with van der Waals surface area (Å²) in [6, 6.07) is 29.9. The van der Waals surface area contributed by atoms with Crippen molar-refractivity contribution >= 4 is 17.7 Å². The highest BCUT2D eigenvalue weighted by Crippen LogP contribution is 2.39. The third kappa shape index (κ3) is 7.22. The molecule has 0 aliphatic carbocycles. The quantitative estimate of drug-likeness (QED) is 0.270. The molecule has 6 heteroatoms. The monoisotopic (exact) mass is 502 g/mol. The van der Waals surface area contributed by atoms with Crippen LogP contribution in [0.5, 0.6) is 0 Å². The number of rotatable bonds is 10. The summed E-state index contributed by atoms with van der Waals surface area (Å²) < 4.78 is 24.8. The van der Waals surface area contributed by atoms with Crippen LogP contribution in [0.1, 0.15) is 18.1 Å². The second-order valence-corrected chi connectivity index (χ2v) is 9.66. The first-order valence-corrected chi connectivity index (χ1v) is 12.8. The number of terminal acetylenes is 1. The molecule has 1 aliphatic heterocycles. The Balaban J connectivity index is 1.63. The first-order chi connectivity index (χ1) is 17.6. The third-order valence-corrected chi connectivity index (χ3v) is 7.02. The van der Waals surface area contributed by atoms with E-state index in [1.807, 2.05) is 91.0 Å². The Labute approximate surface area is 217 Å². The topological polar surface area (TPSA) is 54.0 Å². The minimum absolute atomic E-state index is 0.0483. The summed E-state index contributed by atoms with van der Waals surface area (Å²) in [4.78, 5) is 12.6. The van der Waals surface area contributed by atoms with Crippen LogP contribution in [0.25, 0.3) is 0 Å². The molecule has 186 valence electrons. The Morgan fingerprint density at radius 3 is 1.92 bits per heavy atom. The molecule has 0 spiro atoms. The van der Waals surface area contributed by atoms with Gasteiger partial charge >= 0.3 is 5.97 Å². The van der Waals surface area contributed by atoms with Crippen molar-refractivity contribution in [2.24, 2.45) is 5.92 Å². The number of carbonyl (C=O) groups excluding carboxylic acids is 1. The van der Waals surface area contributed by atoms with E-state index in [0.717, 1.165) is 16.0 Å². The Morgan fingerprint density at radius 1 is 0.861 bits per heavy atom. The van der Waals surface area contributed by atoms with Crippen LogP contribution >= 0.6 is 11.8 Å². The molecule has 36 heavy (non-hydrogen) atoms. The van der Waals surface area contributed by atoms with Crippen LogP contribution in [-0.4, -0.2) is 36.3 Å². The van der Waals surface area contributed by atoms with Crippen molar-refractivity contribution < 1.29 is 23.7 Å². The molecule has 5 nitrogen and oxygen atoms in total. The molecule has 0 amide bonds. The lowest BCUT2D eigenvalue weighted by molar-refractivity contribution is -0.209. The fourth-order valence-corrected chi connectivity index (χ4v) is 5.23. The van der Waals surface area contributed by atoms with E-state index in [2.05, 4.69) is 5.92 Å². The minimum Gasteiger partial charge on any atom is -0.463 e. The molecule has 4 rings (SSSR count).